The van der Waals surface area contributed by atoms with E-state index < -0.39 is 11.4 Å². The summed E-state index contributed by atoms with van der Waals surface area (Å²) in [4.78, 5) is 15.0. The van der Waals surface area contributed by atoms with Gasteiger partial charge in [0, 0.05) is 50.4 Å². The number of hydrogen-bond acceptors (Lipinski definition) is 5. The SMILES string of the molecule is CN(C)c1ccccc1C1CC2(CC3(O)CCC4C(=C13)CCC1(C)C(=O)CCC41)OCCO2. The number of Topliss-reactive ketones (excluding diaryl/α,β-unsaturated/α-hetero) is 1. The zero-order valence-electron chi connectivity index (χ0n) is 20.2. The third-order valence-electron chi connectivity index (χ3n) is 9.73. The highest BCUT2D eigenvalue weighted by atomic mass is 16.7. The first-order valence-corrected chi connectivity index (χ1v) is 12.8. The number of para-hydroxylation sites is 1. The number of anilines is 1. The topological polar surface area (TPSA) is 59.0 Å². The Morgan fingerprint density at radius 3 is 2.58 bits per heavy atom. The van der Waals surface area contributed by atoms with E-state index in [0.29, 0.717) is 37.3 Å². The molecule has 1 heterocycles. The third kappa shape index (κ3) is 3.11. The Balaban J connectivity index is 1.52. The second-order valence-corrected chi connectivity index (χ2v) is 11.6. The molecule has 178 valence electrons. The van der Waals surface area contributed by atoms with E-state index in [9.17, 15) is 9.90 Å². The molecule has 5 heteroatoms. The average Bonchev–Trinajstić information content (AvgIpc) is 3.36. The Morgan fingerprint density at radius 1 is 1.06 bits per heavy atom. The van der Waals surface area contributed by atoms with E-state index >= 15 is 0 Å². The highest BCUT2D eigenvalue weighted by Crippen LogP contribution is 2.63. The molecule has 5 unspecified atom stereocenters. The monoisotopic (exact) mass is 451 g/mol. The van der Waals surface area contributed by atoms with Gasteiger partial charge in [0.05, 0.1) is 18.8 Å². The van der Waals surface area contributed by atoms with Gasteiger partial charge in [-0.15, -0.1) is 0 Å². The molecule has 0 radical (unpaired) electrons. The molecule has 1 aromatic carbocycles. The molecular weight excluding hydrogens is 414 g/mol. The van der Waals surface area contributed by atoms with Crippen LogP contribution in [0.25, 0.3) is 0 Å². The lowest BCUT2D eigenvalue weighted by atomic mass is 9.53. The molecule has 0 amide bonds. The maximum absolute atomic E-state index is 12.8. The van der Waals surface area contributed by atoms with Crippen LogP contribution in [0.15, 0.2) is 35.4 Å². The van der Waals surface area contributed by atoms with E-state index in [4.69, 9.17) is 9.47 Å². The minimum Gasteiger partial charge on any atom is -0.385 e. The van der Waals surface area contributed by atoms with Crippen molar-refractivity contribution in [2.45, 2.75) is 75.6 Å². The Bertz CT molecular complexity index is 1010. The van der Waals surface area contributed by atoms with Crippen LogP contribution in [-0.4, -0.2) is 49.6 Å². The van der Waals surface area contributed by atoms with Gasteiger partial charge in [-0.3, -0.25) is 4.79 Å². The Labute approximate surface area is 197 Å². The summed E-state index contributed by atoms with van der Waals surface area (Å²) in [7, 11) is 4.17. The first-order chi connectivity index (χ1) is 15.8. The predicted octanol–water partition coefficient (Wildman–Crippen LogP) is 4.59. The molecule has 1 aromatic rings. The number of carbonyl (C=O) groups is 1. The molecule has 1 aliphatic heterocycles. The minimum absolute atomic E-state index is 0.0553. The zero-order chi connectivity index (χ0) is 23.0. The number of aliphatic hydroxyl groups is 1. The molecule has 4 aliphatic carbocycles. The van der Waals surface area contributed by atoms with E-state index in [1.165, 1.54) is 22.4 Å². The number of hydrogen-bond donors (Lipinski definition) is 1. The van der Waals surface area contributed by atoms with Crippen LogP contribution in [0.5, 0.6) is 0 Å². The fourth-order valence-corrected chi connectivity index (χ4v) is 8.26. The predicted molar refractivity (Wildman–Crippen MR) is 127 cm³/mol. The van der Waals surface area contributed by atoms with Crippen LogP contribution in [0.3, 0.4) is 0 Å². The van der Waals surface area contributed by atoms with Crippen molar-refractivity contribution in [3.8, 4) is 0 Å². The van der Waals surface area contributed by atoms with Crippen molar-refractivity contribution >= 4 is 11.5 Å². The van der Waals surface area contributed by atoms with Gasteiger partial charge in [0.1, 0.15) is 5.78 Å². The van der Waals surface area contributed by atoms with Crippen LogP contribution < -0.4 is 4.90 Å². The molecule has 6 rings (SSSR count). The standard InChI is InChI=1S/C28H37NO4/c1-26-12-10-20-18(22(26)8-9-24(26)30)11-13-27(31)17-28(32-14-15-33-28)16-21(25(20)27)19-6-4-5-7-23(19)29(2)3/h4-7,18,21-22,31H,8-17H2,1-3H3. The van der Waals surface area contributed by atoms with E-state index in [-0.39, 0.29) is 11.3 Å². The molecule has 1 spiro atoms. The Hall–Kier alpha value is -1.69. The van der Waals surface area contributed by atoms with Gasteiger partial charge >= 0.3 is 0 Å². The summed E-state index contributed by atoms with van der Waals surface area (Å²) in [6.45, 7) is 3.40. The number of allylic oxidation sites excluding steroid dienone is 1. The van der Waals surface area contributed by atoms with Crippen molar-refractivity contribution in [2.75, 3.05) is 32.2 Å². The quantitative estimate of drug-likeness (QED) is 0.667. The fraction of sp³-hybridized carbons (Fsp3) is 0.679. The maximum atomic E-state index is 12.8. The number of fused-ring (bicyclic) bond motifs is 4. The lowest BCUT2D eigenvalue weighted by molar-refractivity contribution is -0.211. The number of rotatable bonds is 2. The number of carbonyl (C=O) groups excluding carboxylic acids is 1. The first-order valence-electron chi connectivity index (χ1n) is 12.8. The molecule has 0 aromatic heterocycles. The Morgan fingerprint density at radius 2 is 1.82 bits per heavy atom. The van der Waals surface area contributed by atoms with E-state index in [1.807, 2.05) is 0 Å². The van der Waals surface area contributed by atoms with E-state index in [2.05, 4.69) is 50.2 Å². The van der Waals surface area contributed by atoms with Crippen molar-refractivity contribution in [3.63, 3.8) is 0 Å². The minimum atomic E-state index is -0.908. The van der Waals surface area contributed by atoms with Crippen LogP contribution in [0.2, 0.25) is 0 Å². The number of nitrogens with zero attached hydrogens (tertiary/aromatic N) is 1. The molecule has 3 saturated carbocycles. The van der Waals surface area contributed by atoms with Crippen LogP contribution >= 0.6 is 0 Å². The van der Waals surface area contributed by atoms with Crippen LogP contribution in [0.1, 0.15) is 69.8 Å². The summed E-state index contributed by atoms with van der Waals surface area (Å²) in [6.07, 6.45) is 6.53. The van der Waals surface area contributed by atoms with Crippen molar-refractivity contribution in [2.24, 2.45) is 17.3 Å². The van der Waals surface area contributed by atoms with Gasteiger partial charge in [0.15, 0.2) is 5.79 Å². The van der Waals surface area contributed by atoms with E-state index in [1.54, 1.807) is 0 Å². The summed E-state index contributed by atoms with van der Waals surface area (Å²) >= 11 is 0. The van der Waals surface area contributed by atoms with Crippen LogP contribution in [0.4, 0.5) is 5.69 Å². The summed E-state index contributed by atoms with van der Waals surface area (Å²) in [5.74, 6) is 0.647. The van der Waals surface area contributed by atoms with Gasteiger partial charge in [-0.2, -0.15) is 0 Å². The van der Waals surface area contributed by atoms with Crippen molar-refractivity contribution in [1.82, 2.24) is 0 Å². The highest BCUT2D eigenvalue weighted by Gasteiger charge is 2.60. The van der Waals surface area contributed by atoms with Gasteiger partial charge in [-0.25, -0.2) is 0 Å². The summed E-state index contributed by atoms with van der Waals surface area (Å²) < 4.78 is 12.4. The van der Waals surface area contributed by atoms with Crippen LogP contribution in [-0.2, 0) is 14.3 Å². The lowest BCUT2D eigenvalue weighted by Crippen LogP contribution is -2.54. The van der Waals surface area contributed by atoms with Gasteiger partial charge in [0.2, 0.25) is 0 Å². The van der Waals surface area contributed by atoms with Crippen molar-refractivity contribution in [1.29, 1.82) is 0 Å². The van der Waals surface area contributed by atoms with Gasteiger partial charge in [0.25, 0.3) is 0 Å². The number of benzene rings is 1. The number of ketones is 1. The molecule has 1 N–H and O–H groups in total. The van der Waals surface area contributed by atoms with Crippen molar-refractivity contribution < 1.29 is 19.4 Å². The highest BCUT2D eigenvalue weighted by molar-refractivity contribution is 5.87. The smallest absolute Gasteiger partial charge is 0.172 e. The molecular formula is C28H37NO4. The largest absolute Gasteiger partial charge is 0.385 e. The third-order valence-corrected chi connectivity index (χ3v) is 9.73. The second kappa shape index (κ2) is 7.40. The summed E-state index contributed by atoms with van der Waals surface area (Å²) in [6, 6.07) is 8.59. The molecule has 1 saturated heterocycles. The van der Waals surface area contributed by atoms with Gasteiger partial charge < -0.3 is 19.5 Å². The maximum Gasteiger partial charge on any atom is 0.172 e. The van der Waals surface area contributed by atoms with Crippen molar-refractivity contribution in [3.05, 3.63) is 41.0 Å². The Kier molecular flexibility index (Phi) is 4.89. The first kappa shape index (κ1) is 21.8. The van der Waals surface area contributed by atoms with E-state index in [0.717, 1.165) is 44.9 Å². The molecule has 5 nitrogen and oxygen atoms in total. The average molecular weight is 452 g/mol. The summed E-state index contributed by atoms with van der Waals surface area (Å²) in [5, 5.41) is 12.3. The lowest BCUT2D eigenvalue weighted by Gasteiger charge is -2.55. The molecule has 5 atom stereocenters. The molecule has 33 heavy (non-hydrogen) atoms. The normalized spacial score (nSPS) is 39.4. The zero-order valence-corrected chi connectivity index (χ0v) is 20.2. The molecule has 0 bridgehead atoms. The van der Waals surface area contributed by atoms with Crippen LogP contribution in [0, 0.1) is 17.3 Å². The van der Waals surface area contributed by atoms with Gasteiger partial charge in [-0.1, -0.05) is 30.7 Å². The fourth-order valence-electron chi connectivity index (χ4n) is 8.26. The molecule has 5 aliphatic rings. The molecule has 4 fully saturated rings. The van der Waals surface area contributed by atoms with Gasteiger partial charge in [-0.05, 0) is 61.1 Å². The summed E-state index contributed by atoms with van der Waals surface area (Å²) in [5.41, 5.74) is 4.04. The number of ether oxygens (including phenoxy) is 2. The second-order valence-electron chi connectivity index (χ2n) is 11.6.